The van der Waals surface area contributed by atoms with Gasteiger partial charge in [-0.05, 0) is 134 Å². The molecule has 6 aromatic carbocycles. The van der Waals surface area contributed by atoms with Crippen molar-refractivity contribution < 1.29 is 27.9 Å². The third-order valence-electron chi connectivity index (χ3n) is 13.0. The predicted octanol–water partition coefficient (Wildman–Crippen LogP) is 16.0. The molecular formula is C58H58N4O6. The smallest absolute Gasteiger partial charge is 0.231 e. The molecule has 0 bridgehead atoms. The fourth-order valence-corrected chi connectivity index (χ4v) is 9.03. The van der Waals surface area contributed by atoms with E-state index in [2.05, 4.69) is 86.0 Å². The number of rotatable bonds is 19. The summed E-state index contributed by atoms with van der Waals surface area (Å²) in [5.41, 5.74) is 10.7. The van der Waals surface area contributed by atoms with Gasteiger partial charge in [0.1, 0.15) is 45.2 Å². The molecule has 0 spiro atoms. The number of hydrogen-bond acceptors (Lipinski definition) is 10. The quantitative estimate of drug-likeness (QED) is 0.0810. The molecule has 0 radical (unpaired) electrons. The van der Waals surface area contributed by atoms with Gasteiger partial charge in [-0.1, -0.05) is 65.5 Å². The van der Waals surface area contributed by atoms with Crippen LogP contribution in [0.4, 0.5) is 11.4 Å². The Bertz CT molecular complexity index is 3100. The number of phenols is 2. The van der Waals surface area contributed by atoms with Gasteiger partial charge in [0.15, 0.2) is 11.2 Å². The van der Waals surface area contributed by atoms with E-state index in [0.29, 0.717) is 56.3 Å². The van der Waals surface area contributed by atoms with Crippen molar-refractivity contribution in [1.82, 2.24) is 9.97 Å². The van der Waals surface area contributed by atoms with E-state index in [1.54, 1.807) is 12.1 Å². The second kappa shape index (κ2) is 19.4. The number of aromatic nitrogens is 2. The number of fused-ring (bicyclic) bond motifs is 4. The Labute approximate surface area is 396 Å². The van der Waals surface area contributed by atoms with E-state index in [-0.39, 0.29) is 11.5 Å². The average Bonchev–Trinajstić information content (AvgIpc) is 4.18. The second-order valence-electron chi connectivity index (χ2n) is 17.9. The zero-order valence-electron chi connectivity index (χ0n) is 39.3. The first kappa shape index (κ1) is 44.4. The maximum atomic E-state index is 11.2. The largest absolute Gasteiger partial charge is 0.507 e. The van der Waals surface area contributed by atoms with Gasteiger partial charge in [-0.3, -0.25) is 0 Å². The first-order chi connectivity index (χ1) is 33.3. The van der Waals surface area contributed by atoms with Gasteiger partial charge in [0, 0.05) is 71.6 Å². The molecule has 0 unspecified atom stereocenters. The Morgan fingerprint density at radius 2 is 0.765 bits per heavy atom. The molecule has 2 N–H and O–H groups in total. The number of aromatic hydroxyl groups is 2. The third kappa shape index (κ3) is 9.03. The van der Waals surface area contributed by atoms with Crippen LogP contribution in [0.15, 0.2) is 139 Å². The number of furan rings is 2. The predicted molar refractivity (Wildman–Crippen MR) is 276 cm³/mol. The minimum atomic E-state index is 0.0186. The molecule has 0 aliphatic rings. The van der Waals surface area contributed by atoms with Crippen molar-refractivity contribution in [3.05, 3.63) is 121 Å². The summed E-state index contributed by atoms with van der Waals surface area (Å²) in [5, 5.41) is 24.1. The van der Waals surface area contributed by atoms with E-state index in [0.717, 1.165) is 70.7 Å². The molecule has 4 heterocycles. The number of phenolic OH excluding ortho intramolecular Hbond substituents is 2. The molecule has 0 saturated carbocycles. The van der Waals surface area contributed by atoms with Crippen molar-refractivity contribution in [2.45, 2.75) is 79.1 Å². The Balaban J connectivity index is 0.869. The number of benzene rings is 6. The molecule has 0 amide bonds. The van der Waals surface area contributed by atoms with Gasteiger partial charge in [0.25, 0.3) is 0 Å². The summed E-state index contributed by atoms with van der Waals surface area (Å²) >= 11 is 0. The summed E-state index contributed by atoms with van der Waals surface area (Å²) < 4.78 is 25.1. The molecule has 10 rings (SSSR count). The molecule has 10 aromatic rings. The van der Waals surface area contributed by atoms with Gasteiger partial charge in [0.2, 0.25) is 11.8 Å². The summed E-state index contributed by atoms with van der Waals surface area (Å²) in [7, 11) is 0. The Morgan fingerprint density at radius 1 is 0.397 bits per heavy atom. The zero-order chi connectivity index (χ0) is 46.7. The second-order valence-corrected chi connectivity index (χ2v) is 17.9. The third-order valence-corrected chi connectivity index (χ3v) is 13.0. The van der Waals surface area contributed by atoms with E-state index in [1.807, 2.05) is 60.7 Å². The lowest BCUT2D eigenvalue weighted by molar-refractivity contribution is 0.472. The Kier molecular flexibility index (Phi) is 12.7. The van der Waals surface area contributed by atoms with Crippen LogP contribution in [0.3, 0.4) is 0 Å². The van der Waals surface area contributed by atoms with Gasteiger partial charge in [-0.2, -0.15) is 0 Å². The molecular weight excluding hydrogens is 849 g/mol. The molecule has 0 fully saturated rings. The highest BCUT2D eigenvalue weighted by atomic mass is 16.4. The molecule has 10 heteroatoms. The van der Waals surface area contributed by atoms with Gasteiger partial charge in [0.05, 0.1) is 11.1 Å². The topological polar surface area (TPSA) is 125 Å². The fourth-order valence-electron chi connectivity index (χ4n) is 9.03. The van der Waals surface area contributed by atoms with Crippen molar-refractivity contribution >= 4 is 55.5 Å². The number of oxazole rings is 2. The van der Waals surface area contributed by atoms with Crippen LogP contribution in [0.5, 0.6) is 11.5 Å². The highest BCUT2D eigenvalue weighted by Crippen LogP contribution is 2.41. The molecule has 0 aliphatic carbocycles. The highest BCUT2D eigenvalue weighted by molar-refractivity contribution is 5.93. The van der Waals surface area contributed by atoms with Gasteiger partial charge < -0.3 is 37.7 Å². The van der Waals surface area contributed by atoms with Crippen LogP contribution < -0.4 is 9.80 Å². The van der Waals surface area contributed by atoms with E-state index in [4.69, 9.17) is 27.6 Å². The van der Waals surface area contributed by atoms with Crippen LogP contribution in [-0.2, 0) is 0 Å². The number of hydrogen-bond donors (Lipinski definition) is 2. The van der Waals surface area contributed by atoms with Crippen LogP contribution in [0, 0.1) is 0 Å². The standard InChI is InChI=1S/C58H58N4O6/c1-5-9-25-61(26-10-6-2)43-19-13-37(14-20-43)51-33-41-29-45(49(63)35-53(41)65-51)57-59-47-23-17-39(31-55(47)67-57)40-18-24-48-56(32-40)68-58(60-48)46-30-42-34-52(66-54(42)36-50(46)64)38-15-21-44(22-16-38)62(27-11-7-3)28-12-8-4/h13-24,29-36,63-64H,5-12,25-28H2,1-4H3. The Hall–Kier alpha value is -7.46. The van der Waals surface area contributed by atoms with E-state index < -0.39 is 0 Å². The number of anilines is 2. The van der Waals surface area contributed by atoms with Crippen LogP contribution in [0.25, 0.3) is 101 Å². The first-order valence-electron chi connectivity index (χ1n) is 24.3. The molecule has 10 nitrogen and oxygen atoms in total. The van der Waals surface area contributed by atoms with E-state index in [9.17, 15) is 10.2 Å². The maximum Gasteiger partial charge on any atom is 0.231 e. The maximum absolute atomic E-state index is 11.2. The Morgan fingerprint density at radius 3 is 1.13 bits per heavy atom. The summed E-state index contributed by atoms with van der Waals surface area (Å²) in [6.45, 7) is 13.1. The minimum absolute atomic E-state index is 0.0186. The molecule has 68 heavy (non-hydrogen) atoms. The van der Waals surface area contributed by atoms with Crippen LogP contribution >= 0.6 is 0 Å². The van der Waals surface area contributed by atoms with Crippen molar-refractivity contribution in [2.24, 2.45) is 0 Å². The molecule has 0 atom stereocenters. The molecule has 0 aliphatic heterocycles. The lowest BCUT2D eigenvalue weighted by Gasteiger charge is -2.24. The lowest BCUT2D eigenvalue weighted by atomic mass is 10.1. The SMILES string of the molecule is CCCCN(CCCC)c1ccc(-c2cc3cc(-c4nc5ccc(-c6ccc7nc(-c8cc9cc(-c%10ccc(N(CCCC)CCCC)cc%10)oc9cc8O)oc7c6)cc5o4)c(O)cc3o2)cc1. The van der Waals surface area contributed by atoms with Crippen LogP contribution in [-0.4, -0.2) is 46.4 Å². The van der Waals surface area contributed by atoms with Crippen molar-refractivity contribution in [3.63, 3.8) is 0 Å². The summed E-state index contributed by atoms with van der Waals surface area (Å²) in [5.74, 6) is 2.11. The zero-order valence-corrected chi connectivity index (χ0v) is 39.3. The van der Waals surface area contributed by atoms with Gasteiger partial charge in [-0.15, -0.1) is 0 Å². The summed E-state index contributed by atoms with van der Waals surface area (Å²) in [4.78, 5) is 14.5. The molecule has 4 aromatic heterocycles. The normalized spacial score (nSPS) is 11.8. The summed E-state index contributed by atoms with van der Waals surface area (Å²) in [6, 6.07) is 39.7. The average molecular weight is 907 g/mol. The van der Waals surface area contributed by atoms with Gasteiger partial charge >= 0.3 is 0 Å². The monoisotopic (exact) mass is 906 g/mol. The number of nitrogens with zero attached hydrogens (tertiary/aromatic N) is 4. The van der Waals surface area contributed by atoms with Crippen LogP contribution in [0.1, 0.15) is 79.1 Å². The van der Waals surface area contributed by atoms with E-state index in [1.165, 1.54) is 62.7 Å². The highest BCUT2D eigenvalue weighted by Gasteiger charge is 2.20. The first-order valence-corrected chi connectivity index (χ1v) is 24.3. The fraction of sp³-hybridized carbons (Fsp3) is 0.276. The van der Waals surface area contributed by atoms with Gasteiger partial charge in [-0.25, -0.2) is 9.97 Å². The summed E-state index contributed by atoms with van der Waals surface area (Å²) in [6.07, 6.45) is 9.32. The molecule has 346 valence electrons. The van der Waals surface area contributed by atoms with Crippen molar-refractivity contribution in [3.8, 4) is 68.2 Å². The minimum Gasteiger partial charge on any atom is -0.507 e. The van der Waals surface area contributed by atoms with E-state index >= 15 is 0 Å². The molecule has 0 saturated heterocycles. The number of unbranched alkanes of at least 4 members (excludes halogenated alkanes) is 4. The lowest BCUT2D eigenvalue weighted by Crippen LogP contribution is -2.25. The van der Waals surface area contributed by atoms with Crippen molar-refractivity contribution in [2.75, 3.05) is 36.0 Å². The van der Waals surface area contributed by atoms with Crippen LogP contribution in [0.2, 0.25) is 0 Å². The van der Waals surface area contributed by atoms with Crippen molar-refractivity contribution in [1.29, 1.82) is 0 Å².